The first kappa shape index (κ1) is 18.6. The maximum atomic E-state index is 5.77. The fourth-order valence-corrected chi connectivity index (χ4v) is 4.52. The van der Waals surface area contributed by atoms with Crippen molar-refractivity contribution < 1.29 is 0 Å². The number of hydrogen-bond acceptors (Lipinski definition) is 3. The van der Waals surface area contributed by atoms with Crippen LogP contribution in [-0.2, 0) is 13.1 Å². The maximum absolute atomic E-state index is 5.77. The molecular weight excluding hydrogens is 366 g/mol. The third-order valence-electron chi connectivity index (χ3n) is 5.55. The molecule has 3 aromatic rings. The molecule has 0 aromatic carbocycles. The van der Waals surface area contributed by atoms with E-state index in [2.05, 4.69) is 57.7 Å². The predicted molar refractivity (Wildman–Crippen MR) is 115 cm³/mol. The topological polar surface area (TPSA) is 46.0 Å². The highest BCUT2D eigenvalue weighted by Gasteiger charge is 2.41. The monoisotopic (exact) mass is 391 g/mol. The smallest absolute Gasteiger partial charge is 0.170 e. The van der Waals surface area contributed by atoms with Crippen molar-refractivity contribution in [2.75, 3.05) is 0 Å². The number of nitrogens with zero attached hydrogens (tertiary/aromatic N) is 4. The molecule has 28 heavy (non-hydrogen) atoms. The first-order valence-electron chi connectivity index (χ1n) is 9.63. The summed E-state index contributed by atoms with van der Waals surface area (Å²) in [4.78, 5) is 11.0. The van der Waals surface area contributed by atoms with Crippen LogP contribution in [-0.4, -0.2) is 24.5 Å². The molecule has 6 heteroatoms. The molecular formula is C22H25N5S. The molecule has 0 radical (unpaired) electrons. The third-order valence-corrected chi connectivity index (χ3v) is 5.90. The van der Waals surface area contributed by atoms with E-state index in [9.17, 15) is 0 Å². The van der Waals surface area contributed by atoms with Crippen molar-refractivity contribution in [3.63, 3.8) is 0 Å². The summed E-state index contributed by atoms with van der Waals surface area (Å²) in [5.41, 5.74) is 6.06. The number of nitrogens with one attached hydrogen (secondary N) is 1. The lowest BCUT2D eigenvalue weighted by molar-refractivity contribution is 0.309. The van der Waals surface area contributed by atoms with Crippen molar-refractivity contribution in [2.24, 2.45) is 0 Å². The average molecular weight is 392 g/mol. The molecule has 3 aromatic heterocycles. The number of hydrogen-bond donors (Lipinski definition) is 1. The highest BCUT2D eigenvalue weighted by Crippen LogP contribution is 2.41. The van der Waals surface area contributed by atoms with Gasteiger partial charge in [-0.05, 0) is 74.4 Å². The minimum Gasteiger partial charge on any atom is -0.352 e. The van der Waals surface area contributed by atoms with Gasteiger partial charge >= 0.3 is 0 Å². The summed E-state index contributed by atoms with van der Waals surface area (Å²) in [6, 6.07) is 12.5. The zero-order chi connectivity index (χ0) is 19.7. The third kappa shape index (κ3) is 3.29. The van der Waals surface area contributed by atoms with Gasteiger partial charge < -0.3 is 14.8 Å². The molecule has 5 nitrogen and oxygen atoms in total. The average Bonchev–Trinajstić information content (AvgIpc) is 3.19. The van der Waals surface area contributed by atoms with Gasteiger partial charge in [0.1, 0.15) is 0 Å². The molecule has 1 aliphatic heterocycles. The van der Waals surface area contributed by atoms with Crippen LogP contribution in [0, 0.1) is 13.8 Å². The fourth-order valence-electron chi connectivity index (χ4n) is 4.21. The van der Waals surface area contributed by atoms with E-state index >= 15 is 0 Å². The Morgan fingerprint density at radius 3 is 2.54 bits per heavy atom. The molecule has 144 valence electrons. The zero-order valence-electron chi connectivity index (χ0n) is 16.5. The zero-order valence-corrected chi connectivity index (χ0v) is 17.3. The van der Waals surface area contributed by atoms with E-state index in [-0.39, 0.29) is 12.1 Å². The molecule has 4 rings (SSSR count). The molecule has 4 heterocycles. The Morgan fingerprint density at radius 2 is 1.89 bits per heavy atom. The van der Waals surface area contributed by atoms with Gasteiger partial charge in [-0.3, -0.25) is 9.97 Å². The van der Waals surface area contributed by atoms with Crippen LogP contribution >= 0.6 is 12.2 Å². The van der Waals surface area contributed by atoms with E-state index < -0.39 is 0 Å². The molecule has 0 spiro atoms. The molecule has 2 atom stereocenters. The first-order valence-corrected chi connectivity index (χ1v) is 10.0. The minimum absolute atomic E-state index is 0.0151. The molecule has 1 N–H and O–H groups in total. The summed E-state index contributed by atoms with van der Waals surface area (Å²) in [5, 5.41) is 4.30. The molecule has 0 bridgehead atoms. The van der Waals surface area contributed by atoms with Crippen LogP contribution in [0.2, 0.25) is 0 Å². The SMILES string of the molecule is CCn1c(C)cc([C@H]2[C@@H](c3ccccn3)NC(=S)N2Cc2ccncc2)c1C. The quantitative estimate of drug-likeness (QED) is 0.664. The minimum atomic E-state index is 0.0151. The highest BCUT2D eigenvalue weighted by atomic mass is 32.1. The van der Waals surface area contributed by atoms with Crippen molar-refractivity contribution in [2.45, 2.75) is 45.9 Å². The largest absolute Gasteiger partial charge is 0.352 e. The molecule has 1 aliphatic rings. The number of thiocarbonyl (C=S) groups is 1. The van der Waals surface area contributed by atoms with Gasteiger partial charge in [-0.15, -0.1) is 0 Å². The summed E-state index contributed by atoms with van der Waals surface area (Å²) >= 11 is 5.77. The normalized spacial score (nSPS) is 19.1. The lowest BCUT2D eigenvalue weighted by Gasteiger charge is -2.28. The Bertz CT molecular complexity index is 967. The summed E-state index contributed by atoms with van der Waals surface area (Å²) in [6.07, 6.45) is 5.50. The molecule has 0 saturated carbocycles. The molecule has 1 saturated heterocycles. The van der Waals surface area contributed by atoms with Gasteiger partial charge in [0.15, 0.2) is 5.11 Å². The van der Waals surface area contributed by atoms with Crippen LogP contribution in [0.25, 0.3) is 0 Å². The Morgan fingerprint density at radius 1 is 1.11 bits per heavy atom. The van der Waals surface area contributed by atoms with Crippen LogP contribution in [0.1, 0.15) is 47.2 Å². The molecule has 1 fully saturated rings. The summed E-state index contributed by atoms with van der Waals surface area (Å²) < 4.78 is 2.36. The van der Waals surface area contributed by atoms with E-state index in [4.69, 9.17) is 12.2 Å². The highest BCUT2D eigenvalue weighted by molar-refractivity contribution is 7.80. The molecule has 0 unspecified atom stereocenters. The van der Waals surface area contributed by atoms with Crippen LogP contribution in [0.5, 0.6) is 0 Å². The van der Waals surface area contributed by atoms with E-state index in [0.29, 0.717) is 0 Å². The van der Waals surface area contributed by atoms with Crippen LogP contribution in [0.4, 0.5) is 0 Å². The Kier molecular flexibility index (Phi) is 5.13. The van der Waals surface area contributed by atoms with Crippen molar-refractivity contribution >= 4 is 17.3 Å². The van der Waals surface area contributed by atoms with Crippen LogP contribution < -0.4 is 5.32 Å². The van der Waals surface area contributed by atoms with Crippen LogP contribution in [0.15, 0.2) is 55.0 Å². The van der Waals surface area contributed by atoms with Gasteiger partial charge in [-0.1, -0.05) is 6.07 Å². The van der Waals surface area contributed by atoms with Crippen LogP contribution in [0.3, 0.4) is 0 Å². The summed E-state index contributed by atoms with van der Waals surface area (Å²) in [6.45, 7) is 8.25. The van der Waals surface area contributed by atoms with Crippen molar-refractivity contribution in [1.29, 1.82) is 0 Å². The molecule has 0 amide bonds. The number of aromatic nitrogens is 3. The summed E-state index contributed by atoms with van der Waals surface area (Å²) in [5.74, 6) is 0. The van der Waals surface area contributed by atoms with Gasteiger partial charge in [0.2, 0.25) is 0 Å². The Balaban J connectivity index is 1.80. The lowest BCUT2D eigenvalue weighted by Crippen LogP contribution is -2.29. The predicted octanol–water partition coefficient (Wildman–Crippen LogP) is 4.09. The van der Waals surface area contributed by atoms with Gasteiger partial charge in [-0.2, -0.15) is 0 Å². The Hall–Kier alpha value is -2.73. The molecule has 0 aliphatic carbocycles. The van der Waals surface area contributed by atoms with Crippen molar-refractivity contribution in [3.05, 3.63) is 83.2 Å². The van der Waals surface area contributed by atoms with Gasteiger partial charge in [0, 0.05) is 43.1 Å². The van der Waals surface area contributed by atoms with E-state index in [0.717, 1.165) is 23.9 Å². The fraction of sp³-hybridized carbons (Fsp3) is 0.318. The van der Waals surface area contributed by atoms with Crippen molar-refractivity contribution in [1.82, 2.24) is 24.8 Å². The lowest BCUT2D eigenvalue weighted by atomic mass is 9.96. The van der Waals surface area contributed by atoms with E-state index in [1.807, 2.05) is 42.9 Å². The van der Waals surface area contributed by atoms with E-state index in [1.165, 1.54) is 22.5 Å². The Labute approximate surface area is 171 Å². The number of rotatable bonds is 5. The standard InChI is InChI=1S/C22H25N5S/c1-4-26-15(2)13-18(16(26)3)21-20(19-7-5-6-10-24-19)25-22(28)27(21)14-17-8-11-23-12-9-17/h5-13,20-21H,4,14H2,1-3H3,(H,25,28)/t20-,21+/m1/s1. The van der Waals surface area contributed by atoms with Gasteiger partial charge in [0.05, 0.1) is 17.8 Å². The maximum Gasteiger partial charge on any atom is 0.170 e. The van der Waals surface area contributed by atoms with E-state index in [1.54, 1.807) is 0 Å². The van der Waals surface area contributed by atoms with Crippen molar-refractivity contribution in [3.8, 4) is 0 Å². The summed E-state index contributed by atoms with van der Waals surface area (Å²) in [7, 11) is 0. The van der Waals surface area contributed by atoms with Gasteiger partial charge in [0.25, 0.3) is 0 Å². The first-order chi connectivity index (χ1) is 13.6. The second kappa shape index (κ2) is 7.72. The number of pyridine rings is 2. The second-order valence-corrected chi connectivity index (χ2v) is 7.57. The second-order valence-electron chi connectivity index (χ2n) is 7.18. The number of aryl methyl sites for hydroxylation is 1. The van der Waals surface area contributed by atoms with Gasteiger partial charge in [-0.25, -0.2) is 0 Å².